The first kappa shape index (κ1) is 9.80. The summed E-state index contributed by atoms with van der Waals surface area (Å²) in [7, 11) is 3.60. The molecule has 0 atom stereocenters. The normalized spacial score (nSPS) is 10.4. The van der Waals surface area contributed by atoms with E-state index in [2.05, 4.69) is 5.32 Å². The Balaban J connectivity index is 3.14. The topological polar surface area (TPSA) is 54.3 Å². The molecule has 0 unspecified atom stereocenters. The molecule has 4 heteroatoms. The monoisotopic (exact) mass is 182 g/mol. The van der Waals surface area contributed by atoms with E-state index in [1.54, 1.807) is 11.6 Å². The van der Waals surface area contributed by atoms with Crippen molar-refractivity contribution in [2.45, 2.75) is 13.5 Å². The van der Waals surface area contributed by atoms with Crippen LogP contribution in [0.5, 0.6) is 0 Å². The fraction of sp³-hybridized carbons (Fsp3) is 0.444. The molecule has 1 aromatic rings. The summed E-state index contributed by atoms with van der Waals surface area (Å²) in [6.45, 7) is 2.49. The zero-order chi connectivity index (χ0) is 10.0. The lowest BCUT2D eigenvalue weighted by Crippen LogP contribution is -2.12. The third kappa shape index (κ3) is 1.72. The smallest absolute Gasteiger partial charge is 0.352 e. The number of carboxylic acids is 1. The van der Waals surface area contributed by atoms with Crippen LogP contribution in [0.4, 0.5) is 0 Å². The predicted molar refractivity (Wildman–Crippen MR) is 49.9 cm³/mol. The number of carboxylic acid groups (broad SMARTS) is 1. The Kier molecular flexibility index (Phi) is 2.72. The highest BCUT2D eigenvalue weighted by Crippen LogP contribution is 2.13. The molecule has 4 nitrogen and oxygen atoms in total. The van der Waals surface area contributed by atoms with Gasteiger partial charge in [-0.2, -0.15) is 0 Å². The lowest BCUT2D eigenvalue weighted by molar-refractivity contribution is 0.0685. The number of rotatable bonds is 3. The zero-order valence-corrected chi connectivity index (χ0v) is 8.09. The van der Waals surface area contributed by atoms with Gasteiger partial charge in [0.2, 0.25) is 0 Å². The molecule has 2 N–H and O–H groups in total. The van der Waals surface area contributed by atoms with Crippen LogP contribution < -0.4 is 5.32 Å². The molecule has 1 heterocycles. The highest BCUT2D eigenvalue weighted by Gasteiger charge is 2.14. The van der Waals surface area contributed by atoms with Crippen molar-refractivity contribution in [1.82, 2.24) is 9.88 Å². The molecule has 0 saturated carbocycles. The minimum atomic E-state index is -0.873. The van der Waals surface area contributed by atoms with Crippen LogP contribution in [0.25, 0.3) is 0 Å². The second-order valence-electron chi connectivity index (χ2n) is 3.06. The van der Waals surface area contributed by atoms with Crippen LogP contribution in [0, 0.1) is 6.92 Å². The molecule has 0 spiro atoms. The molecular weight excluding hydrogens is 168 g/mol. The minimum Gasteiger partial charge on any atom is -0.477 e. The molecule has 72 valence electrons. The van der Waals surface area contributed by atoms with Gasteiger partial charge in [-0.3, -0.25) is 0 Å². The quantitative estimate of drug-likeness (QED) is 0.725. The zero-order valence-electron chi connectivity index (χ0n) is 8.09. The molecule has 1 aromatic heterocycles. The van der Waals surface area contributed by atoms with E-state index in [9.17, 15) is 4.79 Å². The Labute approximate surface area is 77.2 Å². The highest BCUT2D eigenvalue weighted by atomic mass is 16.4. The van der Waals surface area contributed by atoms with E-state index in [4.69, 9.17) is 5.11 Å². The summed E-state index contributed by atoms with van der Waals surface area (Å²) in [6.07, 6.45) is 0. The van der Waals surface area contributed by atoms with Crippen LogP contribution >= 0.6 is 0 Å². The van der Waals surface area contributed by atoms with Crippen molar-refractivity contribution in [3.8, 4) is 0 Å². The SMILES string of the molecule is CNCc1cc(C)c(C(=O)O)n1C. The second kappa shape index (κ2) is 3.62. The molecule has 0 aliphatic carbocycles. The van der Waals surface area contributed by atoms with Crippen molar-refractivity contribution in [2.75, 3.05) is 7.05 Å². The Bertz CT molecular complexity index is 329. The number of aromatic carboxylic acids is 1. The summed E-state index contributed by atoms with van der Waals surface area (Å²) in [4.78, 5) is 10.8. The molecule has 0 aliphatic rings. The van der Waals surface area contributed by atoms with Gasteiger partial charge in [0.05, 0.1) is 0 Å². The third-order valence-corrected chi connectivity index (χ3v) is 2.08. The number of hydrogen-bond acceptors (Lipinski definition) is 2. The van der Waals surface area contributed by atoms with Crippen molar-refractivity contribution >= 4 is 5.97 Å². The molecule has 0 amide bonds. The van der Waals surface area contributed by atoms with Gasteiger partial charge in [0.25, 0.3) is 0 Å². The maximum absolute atomic E-state index is 10.8. The van der Waals surface area contributed by atoms with Gasteiger partial charge in [-0.05, 0) is 25.6 Å². The van der Waals surface area contributed by atoms with Gasteiger partial charge in [0.1, 0.15) is 5.69 Å². The van der Waals surface area contributed by atoms with Crippen LogP contribution in [0.1, 0.15) is 21.7 Å². The first-order chi connectivity index (χ1) is 6.07. The fourth-order valence-corrected chi connectivity index (χ4v) is 1.49. The van der Waals surface area contributed by atoms with Crippen LogP contribution in [-0.2, 0) is 13.6 Å². The van der Waals surface area contributed by atoms with E-state index in [1.165, 1.54) is 0 Å². The van der Waals surface area contributed by atoms with E-state index in [0.717, 1.165) is 11.3 Å². The first-order valence-corrected chi connectivity index (χ1v) is 4.11. The number of aromatic nitrogens is 1. The van der Waals surface area contributed by atoms with E-state index in [1.807, 2.05) is 20.0 Å². The van der Waals surface area contributed by atoms with Gasteiger partial charge in [-0.1, -0.05) is 0 Å². The largest absolute Gasteiger partial charge is 0.477 e. The van der Waals surface area contributed by atoms with Crippen molar-refractivity contribution in [2.24, 2.45) is 7.05 Å². The summed E-state index contributed by atoms with van der Waals surface area (Å²) < 4.78 is 1.70. The molecule has 0 saturated heterocycles. The summed E-state index contributed by atoms with van der Waals surface area (Å²) in [5.74, 6) is -0.873. The first-order valence-electron chi connectivity index (χ1n) is 4.11. The van der Waals surface area contributed by atoms with E-state index >= 15 is 0 Å². The maximum atomic E-state index is 10.8. The van der Waals surface area contributed by atoms with Gasteiger partial charge in [0, 0.05) is 19.3 Å². The van der Waals surface area contributed by atoms with Crippen LogP contribution in [0.2, 0.25) is 0 Å². The molecule has 0 aromatic carbocycles. The lowest BCUT2D eigenvalue weighted by atomic mass is 10.2. The standard InChI is InChI=1S/C9H14N2O2/c1-6-4-7(5-10-2)11(3)8(6)9(12)13/h4,10H,5H2,1-3H3,(H,12,13). The van der Waals surface area contributed by atoms with Gasteiger partial charge >= 0.3 is 5.97 Å². The minimum absolute atomic E-state index is 0.366. The Morgan fingerprint density at radius 2 is 2.31 bits per heavy atom. The maximum Gasteiger partial charge on any atom is 0.352 e. The van der Waals surface area contributed by atoms with Gasteiger partial charge in [0.15, 0.2) is 0 Å². The number of carbonyl (C=O) groups is 1. The van der Waals surface area contributed by atoms with Crippen molar-refractivity contribution in [3.63, 3.8) is 0 Å². The number of nitrogens with zero attached hydrogens (tertiary/aromatic N) is 1. The van der Waals surface area contributed by atoms with Crippen molar-refractivity contribution < 1.29 is 9.90 Å². The van der Waals surface area contributed by atoms with Gasteiger partial charge in [-0.15, -0.1) is 0 Å². The summed E-state index contributed by atoms with van der Waals surface area (Å²) in [6, 6.07) is 1.89. The number of aryl methyl sites for hydroxylation is 1. The Morgan fingerprint density at radius 3 is 2.69 bits per heavy atom. The molecular formula is C9H14N2O2. The second-order valence-corrected chi connectivity index (χ2v) is 3.06. The highest BCUT2D eigenvalue weighted by molar-refractivity contribution is 5.87. The average Bonchev–Trinajstić information content (AvgIpc) is 2.28. The van der Waals surface area contributed by atoms with Gasteiger partial charge < -0.3 is 15.0 Å². The van der Waals surface area contributed by atoms with Crippen LogP contribution in [0.3, 0.4) is 0 Å². The van der Waals surface area contributed by atoms with Crippen LogP contribution in [-0.4, -0.2) is 22.7 Å². The molecule has 0 aliphatic heterocycles. The predicted octanol–water partition coefficient (Wildman–Crippen LogP) is 0.751. The molecule has 13 heavy (non-hydrogen) atoms. The van der Waals surface area contributed by atoms with Crippen molar-refractivity contribution in [3.05, 3.63) is 23.0 Å². The molecule has 1 rings (SSSR count). The summed E-state index contributed by atoms with van der Waals surface area (Å²) >= 11 is 0. The summed E-state index contributed by atoms with van der Waals surface area (Å²) in [5, 5.41) is 11.9. The molecule has 0 fully saturated rings. The molecule has 0 bridgehead atoms. The molecule has 0 radical (unpaired) electrons. The number of nitrogens with one attached hydrogen (secondary N) is 1. The van der Waals surface area contributed by atoms with Crippen molar-refractivity contribution in [1.29, 1.82) is 0 Å². The fourth-order valence-electron chi connectivity index (χ4n) is 1.49. The van der Waals surface area contributed by atoms with Crippen LogP contribution in [0.15, 0.2) is 6.07 Å². The van der Waals surface area contributed by atoms with Gasteiger partial charge in [-0.25, -0.2) is 4.79 Å². The Hall–Kier alpha value is -1.29. The Morgan fingerprint density at radius 1 is 1.69 bits per heavy atom. The van der Waals surface area contributed by atoms with E-state index in [-0.39, 0.29) is 0 Å². The summed E-state index contributed by atoms with van der Waals surface area (Å²) in [5.41, 5.74) is 2.16. The number of hydrogen-bond donors (Lipinski definition) is 2. The lowest BCUT2D eigenvalue weighted by Gasteiger charge is -2.03. The third-order valence-electron chi connectivity index (χ3n) is 2.08. The van der Waals surface area contributed by atoms with E-state index < -0.39 is 5.97 Å². The average molecular weight is 182 g/mol. The van der Waals surface area contributed by atoms with E-state index in [0.29, 0.717) is 12.2 Å².